The van der Waals surface area contributed by atoms with E-state index in [9.17, 15) is 0 Å². The van der Waals surface area contributed by atoms with Gasteiger partial charge in [0.15, 0.2) is 0 Å². The van der Waals surface area contributed by atoms with Crippen molar-refractivity contribution in [3.8, 4) is 0 Å². The number of nitrogens with one attached hydrogen (secondary N) is 1. The maximum Gasteiger partial charge on any atom is 0.0127 e. The van der Waals surface area contributed by atoms with Gasteiger partial charge in [0.1, 0.15) is 0 Å². The molecule has 0 aromatic carbocycles. The summed E-state index contributed by atoms with van der Waals surface area (Å²) in [5.41, 5.74) is 0. The van der Waals surface area contributed by atoms with Crippen LogP contribution in [0.3, 0.4) is 0 Å². The van der Waals surface area contributed by atoms with Gasteiger partial charge in [-0.05, 0) is 30.7 Å². The van der Waals surface area contributed by atoms with Crippen LogP contribution in [0.15, 0.2) is 0 Å². The lowest BCUT2D eigenvalue weighted by Gasteiger charge is -2.46. The minimum atomic E-state index is 0.893. The molecule has 2 rings (SSSR count). The lowest BCUT2D eigenvalue weighted by molar-refractivity contribution is 0.0574. The second kappa shape index (κ2) is 2.23. The Morgan fingerprint density at radius 3 is 3.00 bits per heavy atom. The number of hydrogen-bond acceptors (Lipinski definition) is 1. The van der Waals surface area contributed by atoms with E-state index in [1.54, 1.807) is 0 Å². The van der Waals surface area contributed by atoms with E-state index in [0.29, 0.717) is 0 Å². The first-order chi connectivity index (χ1) is 4.84. The van der Waals surface area contributed by atoms with Crippen LogP contribution in [0.5, 0.6) is 0 Å². The van der Waals surface area contributed by atoms with Crippen molar-refractivity contribution in [3.63, 3.8) is 0 Å². The summed E-state index contributed by atoms with van der Waals surface area (Å²) in [7, 11) is 0. The Balaban J connectivity index is 2.01. The smallest absolute Gasteiger partial charge is 0.0127 e. The van der Waals surface area contributed by atoms with E-state index in [0.717, 1.165) is 23.8 Å². The van der Waals surface area contributed by atoms with E-state index >= 15 is 0 Å². The van der Waals surface area contributed by atoms with Crippen molar-refractivity contribution in [2.24, 2.45) is 17.8 Å². The molecule has 4 unspecified atom stereocenters. The van der Waals surface area contributed by atoms with Crippen molar-refractivity contribution in [1.82, 2.24) is 5.32 Å². The van der Waals surface area contributed by atoms with Gasteiger partial charge in [0.2, 0.25) is 0 Å². The van der Waals surface area contributed by atoms with E-state index in [1.165, 1.54) is 19.4 Å². The van der Waals surface area contributed by atoms with E-state index in [1.807, 2.05) is 0 Å². The topological polar surface area (TPSA) is 12.0 Å². The van der Waals surface area contributed by atoms with Gasteiger partial charge in [-0.2, -0.15) is 0 Å². The van der Waals surface area contributed by atoms with Crippen LogP contribution >= 0.6 is 0 Å². The first kappa shape index (κ1) is 6.66. The Hall–Kier alpha value is -0.0400. The molecule has 58 valence electrons. The monoisotopic (exact) mass is 139 g/mol. The van der Waals surface area contributed by atoms with Gasteiger partial charge in [0.05, 0.1) is 0 Å². The molecule has 0 spiro atoms. The fourth-order valence-corrected chi connectivity index (χ4v) is 2.99. The standard InChI is InChI=1S/C9H17N/c1-3-7-6(2)9-8(7)4-5-10-9/h6-10H,3-5H2,1-2H3. The second-order valence-corrected chi connectivity index (χ2v) is 3.86. The summed E-state index contributed by atoms with van der Waals surface area (Å²) in [4.78, 5) is 0. The maximum atomic E-state index is 3.57. The normalized spacial score (nSPS) is 52.2. The highest BCUT2D eigenvalue weighted by Crippen LogP contribution is 2.46. The molecule has 4 atom stereocenters. The van der Waals surface area contributed by atoms with Gasteiger partial charge in [-0.15, -0.1) is 0 Å². The molecule has 1 nitrogen and oxygen atoms in total. The van der Waals surface area contributed by atoms with E-state index in [2.05, 4.69) is 19.2 Å². The Kier molecular flexibility index (Phi) is 1.48. The SMILES string of the molecule is CCC1C(C)C2NCCC12. The Bertz CT molecular complexity index is 133. The summed E-state index contributed by atoms with van der Waals surface area (Å²) in [6.07, 6.45) is 2.83. The van der Waals surface area contributed by atoms with Crippen molar-refractivity contribution in [3.05, 3.63) is 0 Å². The van der Waals surface area contributed by atoms with E-state index in [4.69, 9.17) is 0 Å². The summed E-state index contributed by atoms with van der Waals surface area (Å²) in [5.74, 6) is 3.04. The van der Waals surface area contributed by atoms with Crippen LogP contribution in [0.25, 0.3) is 0 Å². The fraction of sp³-hybridized carbons (Fsp3) is 1.00. The van der Waals surface area contributed by atoms with Crippen LogP contribution < -0.4 is 5.32 Å². The van der Waals surface area contributed by atoms with Gasteiger partial charge in [-0.1, -0.05) is 20.3 Å². The predicted octanol–water partition coefficient (Wildman–Crippen LogP) is 1.64. The van der Waals surface area contributed by atoms with Gasteiger partial charge in [0.25, 0.3) is 0 Å². The summed E-state index contributed by atoms with van der Waals surface area (Å²) in [6.45, 7) is 6.00. The molecule has 10 heavy (non-hydrogen) atoms. The molecule has 0 aromatic heterocycles. The maximum absolute atomic E-state index is 3.57. The van der Waals surface area contributed by atoms with Crippen molar-refractivity contribution in [1.29, 1.82) is 0 Å². The molecule has 1 aliphatic heterocycles. The highest BCUT2D eigenvalue weighted by Gasteiger charge is 2.48. The van der Waals surface area contributed by atoms with Crippen molar-refractivity contribution < 1.29 is 0 Å². The van der Waals surface area contributed by atoms with Crippen LogP contribution in [-0.2, 0) is 0 Å². The molecule has 1 heteroatoms. The van der Waals surface area contributed by atoms with Crippen molar-refractivity contribution in [2.45, 2.75) is 32.7 Å². The van der Waals surface area contributed by atoms with E-state index in [-0.39, 0.29) is 0 Å². The van der Waals surface area contributed by atoms with Crippen LogP contribution in [0.2, 0.25) is 0 Å². The second-order valence-electron chi connectivity index (χ2n) is 3.86. The van der Waals surface area contributed by atoms with Gasteiger partial charge in [0, 0.05) is 6.04 Å². The third kappa shape index (κ3) is 0.672. The highest BCUT2D eigenvalue weighted by molar-refractivity contribution is 5.02. The summed E-state index contributed by atoms with van der Waals surface area (Å²) < 4.78 is 0. The largest absolute Gasteiger partial charge is 0.313 e. The molecular formula is C9H17N. The first-order valence-electron chi connectivity index (χ1n) is 4.58. The average molecular weight is 139 g/mol. The van der Waals surface area contributed by atoms with Gasteiger partial charge in [-0.25, -0.2) is 0 Å². The number of hydrogen-bond donors (Lipinski definition) is 1. The molecule has 1 saturated carbocycles. The molecule has 1 heterocycles. The third-order valence-electron chi connectivity index (χ3n) is 3.58. The van der Waals surface area contributed by atoms with Crippen LogP contribution in [0.1, 0.15) is 26.7 Å². The third-order valence-corrected chi connectivity index (χ3v) is 3.58. The van der Waals surface area contributed by atoms with Crippen LogP contribution in [-0.4, -0.2) is 12.6 Å². The minimum absolute atomic E-state index is 0.893. The zero-order chi connectivity index (χ0) is 7.14. The summed E-state index contributed by atoms with van der Waals surface area (Å²) in [5, 5.41) is 3.57. The van der Waals surface area contributed by atoms with Gasteiger partial charge >= 0.3 is 0 Å². The summed E-state index contributed by atoms with van der Waals surface area (Å²) >= 11 is 0. The minimum Gasteiger partial charge on any atom is -0.313 e. The number of fused-ring (bicyclic) bond motifs is 1. The van der Waals surface area contributed by atoms with Gasteiger partial charge in [-0.3, -0.25) is 0 Å². The molecule has 0 aromatic rings. The quantitative estimate of drug-likeness (QED) is 0.582. The Morgan fingerprint density at radius 1 is 1.50 bits per heavy atom. The zero-order valence-electron chi connectivity index (χ0n) is 6.93. The highest BCUT2D eigenvalue weighted by atomic mass is 15.0. The van der Waals surface area contributed by atoms with Crippen molar-refractivity contribution in [2.75, 3.05) is 6.54 Å². The molecule has 1 saturated heterocycles. The van der Waals surface area contributed by atoms with Crippen LogP contribution in [0, 0.1) is 17.8 Å². The molecule has 2 fully saturated rings. The lowest BCUT2D eigenvalue weighted by Crippen LogP contribution is -2.51. The van der Waals surface area contributed by atoms with Crippen LogP contribution in [0.4, 0.5) is 0 Å². The molecule has 0 radical (unpaired) electrons. The number of rotatable bonds is 1. The summed E-state index contributed by atoms with van der Waals surface area (Å²) in [6, 6.07) is 0.893. The Morgan fingerprint density at radius 2 is 2.30 bits per heavy atom. The molecule has 1 aliphatic carbocycles. The molecule has 1 N–H and O–H groups in total. The molecular weight excluding hydrogens is 122 g/mol. The zero-order valence-corrected chi connectivity index (χ0v) is 6.93. The lowest BCUT2D eigenvalue weighted by atomic mass is 9.61. The molecule has 0 bridgehead atoms. The van der Waals surface area contributed by atoms with Crippen molar-refractivity contribution >= 4 is 0 Å². The Labute approximate surface area is 63.2 Å². The van der Waals surface area contributed by atoms with Gasteiger partial charge < -0.3 is 5.32 Å². The van der Waals surface area contributed by atoms with E-state index < -0.39 is 0 Å². The fourth-order valence-electron chi connectivity index (χ4n) is 2.99. The predicted molar refractivity (Wildman–Crippen MR) is 42.8 cm³/mol. The average Bonchev–Trinajstić information content (AvgIpc) is 2.33. The molecule has 0 amide bonds. The molecule has 2 aliphatic rings. The first-order valence-corrected chi connectivity index (χ1v) is 4.58.